The molecule has 1 unspecified atom stereocenters. The molecule has 0 saturated heterocycles. The van der Waals surface area contributed by atoms with E-state index in [9.17, 15) is 0 Å². The van der Waals surface area contributed by atoms with Crippen LogP contribution >= 0.6 is 0 Å². The molecule has 0 saturated carbocycles. The molecule has 2 heteroatoms. The summed E-state index contributed by atoms with van der Waals surface area (Å²) in [5.41, 5.74) is 4.00. The van der Waals surface area contributed by atoms with E-state index in [0.717, 1.165) is 5.75 Å². The van der Waals surface area contributed by atoms with E-state index < -0.39 is 0 Å². The SMILES string of the molecule is C/C=C1\C(C)c2cc(OC)ccc2N1C. The molecule has 1 atom stereocenters. The van der Waals surface area contributed by atoms with Crippen LogP contribution in [0.2, 0.25) is 0 Å². The van der Waals surface area contributed by atoms with Crippen LogP contribution in [0, 0.1) is 0 Å². The van der Waals surface area contributed by atoms with Crippen molar-refractivity contribution in [2.75, 3.05) is 19.1 Å². The lowest BCUT2D eigenvalue weighted by Crippen LogP contribution is -2.11. The Labute approximate surface area is 91.2 Å². The van der Waals surface area contributed by atoms with Crippen molar-refractivity contribution < 1.29 is 4.74 Å². The lowest BCUT2D eigenvalue weighted by Gasteiger charge is -2.15. The van der Waals surface area contributed by atoms with Crippen molar-refractivity contribution >= 4 is 5.69 Å². The molecular weight excluding hydrogens is 186 g/mol. The number of ether oxygens (including phenoxy) is 1. The molecule has 0 N–H and O–H groups in total. The summed E-state index contributed by atoms with van der Waals surface area (Å²) in [7, 11) is 3.83. The van der Waals surface area contributed by atoms with Crippen LogP contribution in [0.4, 0.5) is 5.69 Å². The smallest absolute Gasteiger partial charge is 0.119 e. The van der Waals surface area contributed by atoms with Crippen molar-refractivity contribution in [1.29, 1.82) is 0 Å². The molecule has 0 aliphatic carbocycles. The van der Waals surface area contributed by atoms with Crippen LogP contribution in [0.3, 0.4) is 0 Å². The monoisotopic (exact) mass is 203 g/mol. The van der Waals surface area contributed by atoms with Gasteiger partial charge in [-0.2, -0.15) is 0 Å². The average molecular weight is 203 g/mol. The highest BCUT2D eigenvalue weighted by Gasteiger charge is 2.27. The van der Waals surface area contributed by atoms with Crippen LogP contribution in [0.15, 0.2) is 30.0 Å². The molecule has 1 aromatic rings. The van der Waals surface area contributed by atoms with E-state index in [1.807, 2.05) is 6.07 Å². The number of methoxy groups -OCH3 is 1. The van der Waals surface area contributed by atoms with Crippen LogP contribution in [0.1, 0.15) is 25.3 Å². The molecule has 1 aromatic carbocycles. The van der Waals surface area contributed by atoms with Gasteiger partial charge in [-0.15, -0.1) is 0 Å². The summed E-state index contributed by atoms with van der Waals surface area (Å²) >= 11 is 0. The maximum absolute atomic E-state index is 5.25. The maximum Gasteiger partial charge on any atom is 0.119 e. The molecule has 1 heterocycles. The first-order chi connectivity index (χ1) is 7.19. The summed E-state index contributed by atoms with van der Waals surface area (Å²) in [4.78, 5) is 2.25. The third-order valence-corrected chi connectivity index (χ3v) is 3.19. The second-order valence-corrected chi connectivity index (χ2v) is 3.92. The standard InChI is InChI=1S/C13H17NO/c1-5-12-9(2)11-8-10(15-4)6-7-13(11)14(12)3/h5-9H,1-4H3/b12-5+. The molecule has 0 radical (unpaired) electrons. The van der Waals surface area contributed by atoms with Gasteiger partial charge in [0.2, 0.25) is 0 Å². The summed E-state index contributed by atoms with van der Waals surface area (Å²) < 4.78 is 5.25. The largest absolute Gasteiger partial charge is 0.497 e. The quantitative estimate of drug-likeness (QED) is 0.695. The van der Waals surface area contributed by atoms with E-state index in [1.165, 1.54) is 16.9 Å². The van der Waals surface area contributed by atoms with Crippen molar-refractivity contribution in [2.45, 2.75) is 19.8 Å². The number of nitrogens with zero attached hydrogens (tertiary/aromatic N) is 1. The predicted molar refractivity (Wildman–Crippen MR) is 63.6 cm³/mol. The van der Waals surface area contributed by atoms with Gasteiger partial charge < -0.3 is 9.64 Å². The molecule has 0 aromatic heterocycles. The molecular formula is C13H17NO. The first-order valence-corrected chi connectivity index (χ1v) is 5.27. The van der Waals surface area contributed by atoms with E-state index in [4.69, 9.17) is 4.74 Å². The lowest BCUT2D eigenvalue weighted by molar-refractivity contribution is 0.414. The molecule has 1 aliphatic heterocycles. The average Bonchev–Trinajstić information content (AvgIpc) is 2.51. The van der Waals surface area contributed by atoms with Gasteiger partial charge in [0.05, 0.1) is 7.11 Å². The van der Waals surface area contributed by atoms with Crippen molar-refractivity contribution in [3.63, 3.8) is 0 Å². The number of rotatable bonds is 1. The number of allylic oxidation sites excluding steroid dienone is 2. The lowest BCUT2D eigenvalue weighted by atomic mass is 10.0. The van der Waals surface area contributed by atoms with Crippen molar-refractivity contribution in [3.05, 3.63) is 35.5 Å². The van der Waals surface area contributed by atoms with Gasteiger partial charge in [-0.1, -0.05) is 13.0 Å². The molecule has 0 bridgehead atoms. The fourth-order valence-corrected chi connectivity index (χ4v) is 2.34. The summed E-state index contributed by atoms with van der Waals surface area (Å²) in [5, 5.41) is 0. The highest BCUT2D eigenvalue weighted by Crippen LogP contribution is 2.43. The Bertz CT molecular complexity index is 409. The van der Waals surface area contributed by atoms with Crippen LogP contribution in [0.5, 0.6) is 5.75 Å². The molecule has 15 heavy (non-hydrogen) atoms. The van der Waals surface area contributed by atoms with E-state index in [0.29, 0.717) is 5.92 Å². The van der Waals surface area contributed by atoms with Gasteiger partial charge >= 0.3 is 0 Å². The highest BCUT2D eigenvalue weighted by molar-refractivity contribution is 5.68. The maximum atomic E-state index is 5.25. The van der Waals surface area contributed by atoms with Gasteiger partial charge in [0.25, 0.3) is 0 Å². The zero-order chi connectivity index (χ0) is 11.0. The van der Waals surface area contributed by atoms with Gasteiger partial charge in [0, 0.05) is 24.4 Å². The molecule has 0 amide bonds. The highest BCUT2D eigenvalue weighted by atomic mass is 16.5. The van der Waals surface area contributed by atoms with E-state index in [2.05, 4.69) is 44.0 Å². The number of anilines is 1. The molecule has 0 spiro atoms. The van der Waals surface area contributed by atoms with Crippen molar-refractivity contribution in [3.8, 4) is 5.75 Å². The number of likely N-dealkylation sites (N-methyl/N-ethyl adjacent to an activating group) is 1. The Morgan fingerprint density at radius 1 is 1.40 bits per heavy atom. The molecule has 1 aliphatic rings. The molecule has 0 fully saturated rings. The number of hydrogen-bond donors (Lipinski definition) is 0. The molecule has 2 rings (SSSR count). The first kappa shape index (κ1) is 10.1. The van der Waals surface area contributed by atoms with E-state index >= 15 is 0 Å². The Balaban J connectivity index is 2.52. The van der Waals surface area contributed by atoms with Gasteiger partial charge in [0.15, 0.2) is 0 Å². The van der Waals surface area contributed by atoms with Crippen LogP contribution in [0.25, 0.3) is 0 Å². The minimum atomic E-state index is 0.463. The second-order valence-electron chi connectivity index (χ2n) is 3.92. The third kappa shape index (κ3) is 1.41. The van der Waals surface area contributed by atoms with Crippen molar-refractivity contribution in [1.82, 2.24) is 0 Å². The van der Waals surface area contributed by atoms with E-state index in [1.54, 1.807) is 7.11 Å². The van der Waals surface area contributed by atoms with Crippen LogP contribution < -0.4 is 9.64 Å². The number of hydrogen-bond acceptors (Lipinski definition) is 2. The zero-order valence-electron chi connectivity index (χ0n) is 9.74. The minimum absolute atomic E-state index is 0.463. The van der Waals surface area contributed by atoms with Gasteiger partial charge in [-0.3, -0.25) is 0 Å². The third-order valence-electron chi connectivity index (χ3n) is 3.19. The fourth-order valence-electron chi connectivity index (χ4n) is 2.34. The summed E-state index contributed by atoms with van der Waals surface area (Å²) in [6.45, 7) is 4.32. The summed E-state index contributed by atoms with van der Waals surface area (Å²) in [5.74, 6) is 1.40. The number of fused-ring (bicyclic) bond motifs is 1. The number of benzene rings is 1. The Hall–Kier alpha value is -1.44. The van der Waals surface area contributed by atoms with Crippen LogP contribution in [-0.2, 0) is 0 Å². The Kier molecular flexibility index (Phi) is 2.43. The Morgan fingerprint density at radius 3 is 2.73 bits per heavy atom. The fraction of sp³-hybridized carbons (Fsp3) is 0.385. The first-order valence-electron chi connectivity index (χ1n) is 5.27. The van der Waals surface area contributed by atoms with Crippen molar-refractivity contribution in [2.24, 2.45) is 0 Å². The van der Waals surface area contributed by atoms with Gasteiger partial charge in [0.1, 0.15) is 5.75 Å². The predicted octanol–water partition coefficient (Wildman–Crippen LogP) is 3.15. The topological polar surface area (TPSA) is 12.5 Å². The normalized spacial score (nSPS) is 22.0. The van der Waals surface area contributed by atoms with E-state index in [-0.39, 0.29) is 0 Å². The van der Waals surface area contributed by atoms with Gasteiger partial charge in [-0.05, 0) is 30.7 Å². The summed E-state index contributed by atoms with van der Waals surface area (Å²) in [6.07, 6.45) is 2.18. The van der Waals surface area contributed by atoms with Gasteiger partial charge in [-0.25, -0.2) is 0 Å². The Morgan fingerprint density at radius 2 is 2.13 bits per heavy atom. The minimum Gasteiger partial charge on any atom is -0.497 e. The molecule has 2 nitrogen and oxygen atoms in total. The second kappa shape index (κ2) is 3.61. The summed E-state index contributed by atoms with van der Waals surface area (Å²) in [6, 6.07) is 6.27. The molecule has 80 valence electrons. The zero-order valence-corrected chi connectivity index (χ0v) is 9.74. The van der Waals surface area contributed by atoms with Crippen LogP contribution in [-0.4, -0.2) is 14.2 Å².